The molecule has 18 rings (SSSR count). The maximum absolute atomic E-state index is 6.51. The zero-order valence-electron chi connectivity index (χ0n) is 51.4. The number of para-hydroxylation sites is 2. The van der Waals surface area contributed by atoms with Crippen molar-refractivity contribution in [2.24, 2.45) is 0 Å². The van der Waals surface area contributed by atoms with Gasteiger partial charge in [0.1, 0.15) is 22.3 Å². The summed E-state index contributed by atoms with van der Waals surface area (Å²) >= 11 is 3.57. The number of benzene rings is 12. The molecule has 0 saturated carbocycles. The third-order valence-corrected chi connectivity index (χ3v) is 20.5. The largest absolute Gasteiger partial charge is 0.456 e. The highest BCUT2D eigenvalue weighted by molar-refractivity contribution is 9.10. The molecule has 0 aliphatic heterocycles. The number of hydrogen-bond acceptors (Lipinski definition) is 4. The van der Waals surface area contributed by atoms with E-state index in [4.69, 9.17) is 8.83 Å². The Balaban J connectivity index is 0.000000119. The van der Waals surface area contributed by atoms with Gasteiger partial charge in [-0.3, -0.25) is 0 Å². The van der Waals surface area contributed by atoms with Gasteiger partial charge < -0.3 is 19.1 Å². The van der Waals surface area contributed by atoms with Gasteiger partial charge in [0.05, 0.1) is 0 Å². The summed E-state index contributed by atoms with van der Waals surface area (Å²) in [7, 11) is 0. The molecule has 0 saturated heterocycles. The van der Waals surface area contributed by atoms with E-state index in [-0.39, 0.29) is 21.7 Å². The number of nitrogens with one attached hydrogen (secondary N) is 1. The minimum Gasteiger partial charge on any atom is -0.456 e. The van der Waals surface area contributed by atoms with Crippen LogP contribution < -0.4 is 10.2 Å². The number of rotatable bonds is 5. The molecule has 1 N–H and O–H groups in total. The van der Waals surface area contributed by atoms with Crippen LogP contribution in [0.2, 0.25) is 0 Å². The maximum Gasteiger partial charge on any atom is 0.136 e. The number of halogens is 1. The maximum atomic E-state index is 6.51. The lowest BCUT2D eigenvalue weighted by molar-refractivity contribution is 0.657. The van der Waals surface area contributed by atoms with Crippen molar-refractivity contribution in [3.8, 4) is 44.5 Å². The van der Waals surface area contributed by atoms with E-state index in [2.05, 4.69) is 318 Å². The number of hydrogen-bond donors (Lipinski definition) is 1. The van der Waals surface area contributed by atoms with Crippen LogP contribution >= 0.6 is 15.9 Å². The fraction of sp³-hybridized carbons (Fsp3) is 0.143. The van der Waals surface area contributed by atoms with Crippen LogP contribution in [0.4, 0.5) is 28.4 Å². The summed E-state index contributed by atoms with van der Waals surface area (Å²) in [6.07, 6.45) is 0. The van der Waals surface area contributed by atoms with Crippen molar-refractivity contribution in [1.29, 1.82) is 0 Å². The lowest BCUT2D eigenvalue weighted by atomic mass is 9.82. The quantitative estimate of drug-likeness (QED) is 0.186. The molecule has 0 amide bonds. The predicted molar refractivity (Wildman–Crippen MR) is 376 cm³/mol. The second-order valence-electron chi connectivity index (χ2n) is 26.6. The fourth-order valence-corrected chi connectivity index (χ4v) is 15.7. The lowest BCUT2D eigenvalue weighted by Crippen LogP contribution is -2.16. The van der Waals surface area contributed by atoms with E-state index in [0.717, 1.165) is 60.6 Å². The van der Waals surface area contributed by atoms with Crippen LogP contribution in [0.25, 0.3) is 88.4 Å². The van der Waals surface area contributed by atoms with Crippen LogP contribution in [0.15, 0.2) is 268 Å². The van der Waals surface area contributed by atoms with Crippen LogP contribution in [-0.2, 0) is 21.7 Å². The van der Waals surface area contributed by atoms with Crippen molar-refractivity contribution in [3.63, 3.8) is 0 Å². The first-order chi connectivity index (χ1) is 43.0. The highest BCUT2D eigenvalue weighted by Crippen LogP contribution is 2.55. The van der Waals surface area contributed by atoms with Gasteiger partial charge in [-0.15, -0.1) is 0 Å². The molecule has 5 heteroatoms. The molecule has 0 unspecified atom stereocenters. The third kappa shape index (κ3) is 8.60. The number of anilines is 5. The first-order valence-electron chi connectivity index (χ1n) is 31.1. The SMILES string of the molecule is CC1(C)c2ccccc2-c2cc3oc4ccc(Br)cc4c3cc21.CC1(C)c2ccccc2-c2ccc(N(c3ccccc3)c3ccc4oc5cc6c(cc5c4c3)C(C)(C)c3ccccc3-6)cc21.CC1(C)c2ccccc2-c2ccc(Nc3ccccc3)cc21. The fourth-order valence-electron chi connectivity index (χ4n) is 15.4. The van der Waals surface area contributed by atoms with Gasteiger partial charge in [-0.25, -0.2) is 0 Å². The van der Waals surface area contributed by atoms with Crippen LogP contribution in [0.1, 0.15) is 99.9 Å². The Labute approximate surface area is 529 Å². The number of fused-ring (bicyclic) bond motifs is 18. The van der Waals surface area contributed by atoms with Gasteiger partial charge in [0.2, 0.25) is 0 Å². The monoisotopic (exact) mass is 1210 g/mol. The van der Waals surface area contributed by atoms with Crippen molar-refractivity contribution in [2.45, 2.75) is 77.0 Å². The Morgan fingerprint density at radius 1 is 0.270 bits per heavy atom. The second-order valence-corrected chi connectivity index (χ2v) is 27.6. The van der Waals surface area contributed by atoms with Gasteiger partial charge in [-0.1, -0.05) is 217 Å². The standard InChI is InChI=1S/C42H33NO.C21H15BrO.C21H19N/c1-41(2)35-16-10-8-14-29(35)31-20-18-28(23-37(31)41)43(26-12-6-5-7-13-26)27-19-21-39-33(22-27)34-24-38-32(25-40(34)44-39)30-15-9-11-17-36(30)42(38,3)4;1-21(2)17-6-4-3-5-13(17)14-11-20-16(10-18(14)21)15-9-12(22)7-8-19(15)23-20;1-21(2)19-11-7-6-10-17(19)18-13-12-16(14-20(18)21)22-15-8-4-3-5-9-15/h5-25H,1-4H3;3-11H,1-2H3;3-14,22H,1-2H3. The average Bonchev–Trinajstić information content (AvgIpc) is 1.63. The van der Waals surface area contributed by atoms with E-state index in [1.807, 2.05) is 18.2 Å². The lowest BCUT2D eigenvalue weighted by Gasteiger charge is -2.28. The Hall–Kier alpha value is -9.68. The van der Waals surface area contributed by atoms with E-state index < -0.39 is 0 Å². The molecule has 2 aromatic heterocycles. The summed E-state index contributed by atoms with van der Waals surface area (Å²) in [6.45, 7) is 18.6. The molecule has 432 valence electrons. The van der Waals surface area contributed by atoms with E-state index in [0.29, 0.717) is 0 Å². The van der Waals surface area contributed by atoms with Crippen molar-refractivity contribution in [2.75, 3.05) is 10.2 Å². The molecule has 0 bridgehead atoms. The van der Waals surface area contributed by atoms with Gasteiger partial charge in [-0.2, -0.15) is 0 Å². The Morgan fingerprint density at radius 2 is 0.640 bits per heavy atom. The first-order valence-corrected chi connectivity index (χ1v) is 31.9. The van der Waals surface area contributed by atoms with Crippen LogP contribution in [-0.4, -0.2) is 0 Å². The molecule has 0 radical (unpaired) electrons. The van der Waals surface area contributed by atoms with Crippen molar-refractivity contribution >= 4 is 88.2 Å². The van der Waals surface area contributed by atoms with E-state index in [1.165, 1.54) is 105 Å². The van der Waals surface area contributed by atoms with Gasteiger partial charge in [0.25, 0.3) is 0 Å². The van der Waals surface area contributed by atoms with Gasteiger partial charge in [0.15, 0.2) is 0 Å². The van der Waals surface area contributed by atoms with Gasteiger partial charge in [-0.05, 0) is 198 Å². The molecule has 4 nitrogen and oxygen atoms in total. The first kappa shape index (κ1) is 54.7. The molecule has 12 aromatic carbocycles. The van der Waals surface area contributed by atoms with E-state index in [9.17, 15) is 0 Å². The summed E-state index contributed by atoms with van der Waals surface area (Å²) in [5.74, 6) is 0. The molecular formula is C84H67BrN2O2. The average molecular weight is 1220 g/mol. The molecular weight excluding hydrogens is 1150 g/mol. The number of furan rings is 2. The van der Waals surface area contributed by atoms with Crippen LogP contribution in [0.3, 0.4) is 0 Å². The Kier molecular flexibility index (Phi) is 12.4. The summed E-state index contributed by atoms with van der Waals surface area (Å²) in [4.78, 5) is 2.38. The normalized spacial score (nSPS) is 14.9. The zero-order valence-corrected chi connectivity index (χ0v) is 53.0. The predicted octanol–water partition coefficient (Wildman–Crippen LogP) is 24.1. The minimum absolute atomic E-state index is 0.0235. The van der Waals surface area contributed by atoms with Crippen molar-refractivity contribution in [3.05, 3.63) is 304 Å². The van der Waals surface area contributed by atoms with E-state index in [1.54, 1.807) is 0 Å². The molecule has 4 aliphatic carbocycles. The van der Waals surface area contributed by atoms with Crippen molar-refractivity contribution in [1.82, 2.24) is 0 Å². The summed E-state index contributed by atoms with van der Waals surface area (Å²) in [5.41, 5.74) is 31.1. The molecule has 0 fully saturated rings. The summed E-state index contributed by atoms with van der Waals surface area (Å²) < 4.78 is 13.7. The molecule has 0 atom stereocenters. The smallest absolute Gasteiger partial charge is 0.136 e. The topological polar surface area (TPSA) is 41.6 Å². The van der Waals surface area contributed by atoms with Gasteiger partial charge in [0, 0.05) is 76.1 Å². The minimum atomic E-state index is -0.0697. The highest BCUT2D eigenvalue weighted by Gasteiger charge is 2.40. The summed E-state index contributed by atoms with van der Waals surface area (Å²) in [6, 6.07) is 91.8. The molecule has 14 aromatic rings. The molecule has 0 spiro atoms. The second kappa shape index (κ2) is 20.2. The van der Waals surface area contributed by atoms with E-state index >= 15 is 0 Å². The zero-order chi connectivity index (χ0) is 60.7. The Morgan fingerprint density at radius 3 is 1.16 bits per heavy atom. The van der Waals surface area contributed by atoms with Crippen LogP contribution in [0, 0.1) is 0 Å². The Bertz CT molecular complexity index is 5200. The third-order valence-electron chi connectivity index (χ3n) is 20.0. The number of nitrogens with zero attached hydrogens (tertiary/aromatic N) is 1. The highest BCUT2D eigenvalue weighted by atomic mass is 79.9. The molecule has 4 aliphatic rings. The van der Waals surface area contributed by atoms with Crippen LogP contribution in [0.5, 0.6) is 0 Å². The summed E-state index contributed by atoms with van der Waals surface area (Å²) in [5, 5.41) is 8.17. The molecule has 89 heavy (non-hydrogen) atoms. The van der Waals surface area contributed by atoms with Crippen molar-refractivity contribution < 1.29 is 8.83 Å². The van der Waals surface area contributed by atoms with Gasteiger partial charge >= 0.3 is 0 Å². The molecule has 2 heterocycles.